The van der Waals surface area contributed by atoms with Crippen molar-refractivity contribution in [1.29, 1.82) is 0 Å². The van der Waals surface area contributed by atoms with Crippen LogP contribution in [0.25, 0.3) is 0 Å². The molecule has 9 saturated carbocycles. The van der Waals surface area contributed by atoms with Gasteiger partial charge in [-0.05, 0) is 222 Å². The van der Waals surface area contributed by atoms with Crippen LogP contribution >= 0.6 is 22.9 Å². The van der Waals surface area contributed by atoms with Crippen LogP contribution in [0.1, 0.15) is 246 Å². The number of aldehydes is 1. The summed E-state index contributed by atoms with van der Waals surface area (Å²) in [4.78, 5) is 118. The number of aliphatic carboxylic acids is 1. The number of fused-ring (bicyclic) bond motifs is 6. The second-order valence-electron chi connectivity index (χ2n) is 48.4. The molecule has 15 rings (SSSR count). The van der Waals surface area contributed by atoms with Crippen LogP contribution in [0.15, 0.2) is 72.8 Å². The van der Waals surface area contributed by atoms with Crippen LogP contribution in [0.4, 0.5) is 0 Å². The van der Waals surface area contributed by atoms with Gasteiger partial charge in [-0.25, -0.2) is 19.4 Å². The SMILES string of the molecule is C.CB(Cl)Cl.CC(=O)OOC(C)=O.CC(=O)[O-].CC(C)(C)C=O.C[C@@H]1[C@@H](NC(=O)[C@@H]2[C@H]([C@H](C)O)[C@H](CO)ON2Cc2cccc(CN(CCN(C)C)CC(C)(C)C)c2)C[C@H]2C[C@@H]1C2(C)C.C[C@@H]1[C@@H](NC(=O)[C@@H]2[C@H]([C@H](C)O)[C@H](CO)ON2Cc2cccc(CN(CCN(C)C)CC(C)(C)C)c2)C[C@H]2C[C@@H]1C2(C)C.C[C@@H]1[C@@H](NC(=O)[C@@H]2[C@H]([C@H](C)O)[C@H](CO)ON2Cc2cccc(CNCCN(C)C)c2)C[C@H]2C[C@@H]1C2(C)C.[Na+]. The molecule has 822 valence electrons. The summed E-state index contributed by atoms with van der Waals surface area (Å²) < 4.78 is 0. The standard InChI is InChI=1S/2C34H58N4O4.C29H48N4O4.C5H10O.C4H6O4.C2H4O2.CH3BCl2.CH4.Na/c2*1-22-27-16-26(34(27,6)7)17-28(22)35-32(41)31-30(23(2)40)29(20-39)42-38(31)19-25-12-10-11-24(15-25)18-37(14-13-36(8)9)21-33(3,4)5;1-18-23-13-22(29(23,3)4)14-24(18)31-28(36)27-26(19(2)35)25(17-34)37-33(27)16-21-9-7-8-20(12-21)15-30-10-11-32(5)6;1-5(2,3)4-6;1-3(5)7-8-4(2)6;2*1-2(3)4;;/h2*10-12,15,22-23,26-31,39-40H,13-14,16-21H2,1-9H3,(H,35,41);7-9,12,18-19,22-27,30,34-35H,10-11,13-17H2,1-6H3,(H,31,36);4H,1-3H3;1-2H3;1H3,(H,3,4);1H3;1H4;/q;;;;;;;;+1/p-1/t2*22-,23-,26+,27-,28-,29-,30+,31-;18-,19-,22+,23-,24-,25-,26+,27-;;;;;;/m000....../s1. The number of likely N-dealkylation sites (N-methyl/N-ethyl adjacent to an activating group) is 3. The number of carboxylic acid groups (broad SMARTS) is 1. The smallest absolute Gasteiger partial charge is 0.550 e. The van der Waals surface area contributed by atoms with E-state index in [1.165, 1.54) is 36.0 Å². The largest absolute Gasteiger partial charge is 1.00 e. The van der Waals surface area contributed by atoms with E-state index < -0.39 is 90.4 Å². The van der Waals surface area contributed by atoms with Crippen LogP contribution in [0.2, 0.25) is 6.82 Å². The Balaban J connectivity index is 0.000000407. The number of benzene rings is 3. The number of hydrogen-bond donors (Lipinski definition) is 10. The Morgan fingerprint density at radius 3 is 0.966 bits per heavy atom. The summed E-state index contributed by atoms with van der Waals surface area (Å²) in [6.45, 7) is 61.0. The maximum atomic E-state index is 14.0. The molecule has 12 aliphatic rings. The number of rotatable bonds is 35. The zero-order chi connectivity index (χ0) is 108. The van der Waals surface area contributed by atoms with Crippen molar-refractivity contribution < 1.29 is 123 Å². The van der Waals surface area contributed by atoms with Gasteiger partial charge in [-0.3, -0.25) is 38.7 Å². The molecule has 31 nitrogen and oxygen atoms in total. The molecule has 9 aliphatic carbocycles. The first-order chi connectivity index (χ1) is 66.4. The predicted octanol–water partition coefficient (Wildman–Crippen LogP) is 8.75. The van der Waals surface area contributed by atoms with Crippen molar-refractivity contribution in [2.45, 2.75) is 331 Å². The molecule has 3 saturated heterocycles. The minimum absolute atomic E-state index is 0. The van der Waals surface area contributed by atoms with Gasteiger partial charge in [-0.15, -0.1) is 0 Å². The van der Waals surface area contributed by atoms with E-state index in [0.717, 1.165) is 135 Å². The first-order valence-electron chi connectivity index (χ1n) is 52.1. The molecule has 24 atom stereocenters. The molecule has 3 aromatic carbocycles. The minimum atomic E-state index is -1.08. The second-order valence-corrected chi connectivity index (χ2v) is 50.0. The Morgan fingerprint density at radius 1 is 0.490 bits per heavy atom. The van der Waals surface area contributed by atoms with E-state index in [1.807, 2.05) is 32.9 Å². The number of carbonyl (C=O) groups is 7. The van der Waals surface area contributed by atoms with Crippen LogP contribution < -0.4 is 55.9 Å². The van der Waals surface area contributed by atoms with Crippen molar-refractivity contribution in [3.05, 3.63) is 106 Å². The number of nitrogens with zero attached hydrogens (tertiary/aromatic N) is 8. The van der Waals surface area contributed by atoms with Crippen molar-refractivity contribution in [1.82, 2.24) is 61.0 Å². The number of halogens is 2. The molecule has 35 heteroatoms. The third kappa shape index (κ3) is 40.5. The van der Waals surface area contributed by atoms with E-state index >= 15 is 0 Å². The summed E-state index contributed by atoms with van der Waals surface area (Å²) in [5.41, 5.74) is 7.78. The number of carboxylic acids is 1. The van der Waals surface area contributed by atoms with Gasteiger partial charge in [0.1, 0.15) is 42.7 Å². The summed E-state index contributed by atoms with van der Waals surface area (Å²) in [6, 6.07) is 23.6. The second kappa shape index (κ2) is 59.5. The maximum Gasteiger partial charge on any atom is 1.00 e. The van der Waals surface area contributed by atoms with Crippen LogP contribution in [0.3, 0.4) is 0 Å². The normalized spacial score (nSPS) is 28.3. The summed E-state index contributed by atoms with van der Waals surface area (Å²) in [5, 5.41) is 90.0. The van der Waals surface area contributed by atoms with E-state index in [0.29, 0.717) is 89.1 Å². The quantitative estimate of drug-likeness (QED) is 0.00864. The van der Waals surface area contributed by atoms with Crippen LogP contribution in [0, 0.1) is 104 Å². The third-order valence-electron chi connectivity index (χ3n) is 30.8. The average Bonchev–Trinajstić information content (AvgIpc) is 1.63. The van der Waals surface area contributed by atoms with Crippen molar-refractivity contribution in [2.75, 3.05) is 114 Å². The van der Waals surface area contributed by atoms with Crippen molar-refractivity contribution in [2.24, 2.45) is 104 Å². The number of nitrogens with one attached hydrogen (secondary N) is 4. The first-order valence-corrected chi connectivity index (χ1v) is 52.9. The molecule has 0 unspecified atom stereocenters. The van der Waals surface area contributed by atoms with Crippen molar-refractivity contribution in [3.8, 4) is 0 Å². The van der Waals surface area contributed by atoms with Gasteiger partial charge >= 0.3 is 47.0 Å². The van der Waals surface area contributed by atoms with E-state index in [1.54, 1.807) is 42.8 Å². The first kappa shape index (κ1) is 132. The molecule has 145 heavy (non-hydrogen) atoms. The van der Waals surface area contributed by atoms with Crippen molar-refractivity contribution in [3.63, 3.8) is 0 Å². The van der Waals surface area contributed by atoms with Gasteiger partial charge in [0.05, 0.1) is 57.8 Å². The number of hydrogen-bond acceptors (Lipinski definition) is 28. The fraction of sp³-hybridized carbons (Fsp3) is 0.773. The Hall–Kier alpha value is -4.93. The Bertz CT molecular complexity index is 4240. The molecule has 3 aromatic rings. The summed E-state index contributed by atoms with van der Waals surface area (Å²) >= 11 is 10.1. The van der Waals surface area contributed by atoms with Gasteiger partial charge in [0.2, 0.25) is 17.7 Å². The van der Waals surface area contributed by atoms with E-state index in [-0.39, 0.29) is 114 Å². The van der Waals surface area contributed by atoms with Gasteiger partial charge < -0.3 is 81.3 Å². The van der Waals surface area contributed by atoms with E-state index in [4.69, 9.17) is 47.3 Å². The van der Waals surface area contributed by atoms with E-state index in [2.05, 4.69) is 262 Å². The monoisotopic (exact) mass is 2090 g/mol. The van der Waals surface area contributed by atoms with Crippen LogP contribution in [-0.2, 0) is 97.1 Å². The number of hydroxylamine groups is 6. The van der Waals surface area contributed by atoms with Crippen molar-refractivity contribution >= 4 is 70.4 Å². The molecular weight excluding hydrogens is 1900 g/mol. The molecular formula is C110H190BCl2N12NaO19. The third-order valence-corrected chi connectivity index (χ3v) is 30.8. The van der Waals surface area contributed by atoms with Crippen LogP contribution in [-0.4, -0.2) is 305 Å². The molecule has 10 N–H and O–H groups in total. The molecule has 3 amide bonds. The minimum Gasteiger partial charge on any atom is -0.550 e. The Kier molecular flexibility index (Phi) is 54.3. The molecule has 0 radical (unpaired) electrons. The molecule has 3 heterocycles. The zero-order valence-corrected chi connectivity index (χ0v) is 97.0. The average molecular weight is 2090 g/mol. The fourth-order valence-corrected chi connectivity index (χ4v) is 23.1. The number of aliphatic hydroxyl groups is 6. The van der Waals surface area contributed by atoms with Gasteiger partial charge in [-0.1, -0.05) is 212 Å². The fourth-order valence-electron chi connectivity index (χ4n) is 23.1. The predicted molar refractivity (Wildman–Crippen MR) is 569 cm³/mol. The number of aliphatic hydroxyl groups excluding tert-OH is 6. The summed E-state index contributed by atoms with van der Waals surface area (Å²) in [5.74, 6) is 0.767. The Morgan fingerprint density at radius 2 is 0.745 bits per heavy atom. The molecule has 12 fully saturated rings. The number of carbonyl (C=O) groups excluding carboxylic acids is 7. The van der Waals surface area contributed by atoms with Gasteiger partial charge in [0.15, 0.2) is 0 Å². The maximum absolute atomic E-state index is 14.0. The molecule has 0 spiro atoms. The molecule has 0 aromatic heterocycles. The van der Waals surface area contributed by atoms with E-state index in [9.17, 15) is 59.4 Å². The molecule has 3 aliphatic heterocycles. The van der Waals surface area contributed by atoms with Gasteiger partial charge in [0, 0.05) is 133 Å². The van der Waals surface area contributed by atoms with Crippen LogP contribution in [0.5, 0.6) is 0 Å². The topological polar surface area (TPSA) is 384 Å². The van der Waals surface area contributed by atoms with Gasteiger partial charge in [0.25, 0.3) is 0 Å². The van der Waals surface area contributed by atoms with Gasteiger partial charge in [-0.2, -0.15) is 38.1 Å². The number of amides is 3. The summed E-state index contributed by atoms with van der Waals surface area (Å²) in [6.07, 6.45) is 3.40. The molecule has 6 bridgehead atoms. The zero-order valence-electron chi connectivity index (χ0n) is 93.5. The Labute approximate surface area is 903 Å². The summed E-state index contributed by atoms with van der Waals surface area (Å²) in [7, 11) is 12.6.